The van der Waals surface area contributed by atoms with Gasteiger partial charge in [0.05, 0.1) is 6.54 Å². The van der Waals surface area contributed by atoms with E-state index in [1.807, 2.05) is 14.1 Å². The zero-order chi connectivity index (χ0) is 26.3. The molecular formula is C19H25F6N3O5S. The van der Waals surface area contributed by atoms with Crippen molar-refractivity contribution in [2.45, 2.75) is 43.8 Å². The summed E-state index contributed by atoms with van der Waals surface area (Å²) in [5.74, 6) is -5.29. The first-order chi connectivity index (χ1) is 15.5. The second kappa shape index (κ2) is 12.4. The number of aliphatic carboxylic acids is 2. The smallest absolute Gasteiger partial charge is 0.475 e. The lowest BCUT2D eigenvalue weighted by Crippen LogP contribution is -2.41. The number of carboxylic acid groups (broad SMARTS) is 2. The van der Waals surface area contributed by atoms with Crippen LogP contribution in [-0.4, -0.2) is 101 Å². The van der Waals surface area contributed by atoms with Crippen molar-refractivity contribution in [3.8, 4) is 0 Å². The Morgan fingerprint density at radius 3 is 1.79 bits per heavy atom. The fraction of sp³-hybridized carbons (Fsp3) is 0.632. The van der Waals surface area contributed by atoms with E-state index >= 15 is 0 Å². The molecule has 2 atom stereocenters. The molecule has 8 nitrogen and oxygen atoms in total. The molecule has 15 heteroatoms. The van der Waals surface area contributed by atoms with Crippen LogP contribution in [-0.2, 0) is 20.9 Å². The third-order valence-corrected chi connectivity index (χ3v) is 5.83. The summed E-state index contributed by atoms with van der Waals surface area (Å²) in [5.41, 5.74) is 1.43. The Hall–Kier alpha value is -2.39. The SMILES string of the molecule is CN(C)C(=O)CN1CC[C@@H]2[C@@H]1CCN2Cc1ccsc1.O=C(O)C(F)(F)F.O=C(O)C(F)(F)F. The lowest BCUT2D eigenvalue weighted by molar-refractivity contribution is -0.193. The third-order valence-electron chi connectivity index (χ3n) is 5.09. The fourth-order valence-corrected chi connectivity index (χ4v) is 4.15. The maximum atomic E-state index is 11.9. The van der Waals surface area contributed by atoms with E-state index < -0.39 is 24.3 Å². The van der Waals surface area contributed by atoms with E-state index in [2.05, 4.69) is 26.6 Å². The van der Waals surface area contributed by atoms with Gasteiger partial charge in [-0.2, -0.15) is 37.7 Å². The van der Waals surface area contributed by atoms with Gasteiger partial charge in [0.2, 0.25) is 5.91 Å². The van der Waals surface area contributed by atoms with Gasteiger partial charge in [-0.05, 0) is 35.2 Å². The number of carboxylic acids is 2. The molecule has 2 aliphatic rings. The molecule has 3 heterocycles. The molecule has 0 radical (unpaired) electrons. The van der Waals surface area contributed by atoms with E-state index in [4.69, 9.17) is 19.8 Å². The molecule has 0 bridgehead atoms. The number of thiophene rings is 1. The van der Waals surface area contributed by atoms with Gasteiger partial charge in [-0.3, -0.25) is 14.6 Å². The van der Waals surface area contributed by atoms with Gasteiger partial charge < -0.3 is 15.1 Å². The lowest BCUT2D eigenvalue weighted by Gasteiger charge is -2.25. The van der Waals surface area contributed by atoms with Crippen LogP contribution in [0.3, 0.4) is 0 Å². The second-order valence-electron chi connectivity index (χ2n) is 7.68. The van der Waals surface area contributed by atoms with Crippen LogP contribution in [0.2, 0.25) is 0 Å². The average molecular weight is 521 g/mol. The van der Waals surface area contributed by atoms with Crippen LogP contribution in [0.1, 0.15) is 18.4 Å². The van der Waals surface area contributed by atoms with Crippen molar-refractivity contribution < 1.29 is 50.9 Å². The number of alkyl halides is 6. The lowest BCUT2D eigenvalue weighted by atomic mass is 10.1. The van der Waals surface area contributed by atoms with Crippen molar-refractivity contribution in [3.05, 3.63) is 22.4 Å². The van der Waals surface area contributed by atoms with E-state index in [1.54, 1.807) is 16.2 Å². The average Bonchev–Trinajstić information content (AvgIpc) is 3.42. The number of likely N-dealkylation sites (tertiary alicyclic amines) is 2. The summed E-state index contributed by atoms with van der Waals surface area (Å²) < 4.78 is 63.5. The summed E-state index contributed by atoms with van der Waals surface area (Å²) in [4.78, 5) is 36.4. The summed E-state index contributed by atoms with van der Waals surface area (Å²) in [6.45, 7) is 3.88. The number of carbonyl (C=O) groups is 3. The largest absolute Gasteiger partial charge is 0.490 e. The number of halogens is 6. The highest BCUT2D eigenvalue weighted by molar-refractivity contribution is 7.07. The number of likely N-dealkylation sites (N-methyl/N-ethyl adjacent to an activating group) is 1. The third kappa shape index (κ3) is 9.46. The Morgan fingerprint density at radius 1 is 0.971 bits per heavy atom. The summed E-state index contributed by atoms with van der Waals surface area (Å²) in [6.07, 6.45) is -7.76. The van der Waals surface area contributed by atoms with E-state index in [0.717, 1.165) is 19.6 Å². The Balaban J connectivity index is 0.000000343. The molecule has 194 valence electrons. The van der Waals surface area contributed by atoms with Gasteiger partial charge in [0.15, 0.2) is 0 Å². The molecule has 0 unspecified atom stereocenters. The van der Waals surface area contributed by atoms with Crippen LogP contribution in [0, 0.1) is 0 Å². The van der Waals surface area contributed by atoms with E-state index in [0.29, 0.717) is 18.6 Å². The molecule has 2 aliphatic heterocycles. The Kier molecular flexibility index (Phi) is 10.8. The quantitative estimate of drug-likeness (QED) is 0.588. The van der Waals surface area contributed by atoms with Crippen molar-refractivity contribution in [1.29, 1.82) is 0 Å². The van der Waals surface area contributed by atoms with Crippen molar-refractivity contribution in [1.82, 2.24) is 14.7 Å². The van der Waals surface area contributed by atoms with E-state index in [1.165, 1.54) is 18.4 Å². The number of fused-ring (bicyclic) bond motifs is 1. The maximum Gasteiger partial charge on any atom is 0.490 e. The number of carbonyl (C=O) groups excluding carboxylic acids is 1. The number of amides is 1. The second-order valence-corrected chi connectivity index (χ2v) is 8.46. The van der Waals surface area contributed by atoms with Crippen LogP contribution in [0.25, 0.3) is 0 Å². The van der Waals surface area contributed by atoms with Crippen LogP contribution < -0.4 is 0 Å². The molecule has 0 aromatic carbocycles. The van der Waals surface area contributed by atoms with Crippen molar-refractivity contribution in [2.75, 3.05) is 33.7 Å². The molecule has 1 aromatic rings. The molecule has 0 saturated carbocycles. The van der Waals surface area contributed by atoms with Gasteiger partial charge in [0, 0.05) is 45.8 Å². The predicted octanol–water partition coefficient (Wildman–Crippen LogP) is 2.75. The van der Waals surface area contributed by atoms with Gasteiger partial charge in [-0.25, -0.2) is 9.59 Å². The minimum absolute atomic E-state index is 0.224. The minimum Gasteiger partial charge on any atom is -0.475 e. The summed E-state index contributed by atoms with van der Waals surface area (Å²) in [6, 6.07) is 3.45. The molecule has 34 heavy (non-hydrogen) atoms. The monoisotopic (exact) mass is 521 g/mol. The Morgan fingerprint density at radius 2 is 1.41 bits per heavy atom. The number of nitrogens with zero attached hydrogens (tertiary/aromatic N) is 3. The molecule has 2 N–H and O–H groups in total. The van der Waals surface area contributed by atoms with Crippen LogP contribution >= 0.6 is 11.3 Å². The first-order valence-corrected chi connectivity index (χ1v) is 10.8. The summed E-state index contributed by atoms with van der Waals surface area (Å²) in [7, 11) is 3.68. The van der Waals surface area contributed by atoms with Crippen molar-refractivity contribution in [3.63, 3.8) is 0 Å². The normalized spacial score (nSPS) is 20.5. The van der Waals surface area contributed by atoms with E-state index in [-0.39, 0.29) is 5.91 Å². The maximum absolute atomic E-state index is 11.9. The molecular weight excluding hydrogens is 496 g/mol. The first kappa shape index (κ1) is 29.6. The molecule has 2 fully saturated rings. The molecule has 1 aromatic heterocycles. The highest BCUT2D eigenvalue weighted by Crippen LogP contribution is 2.32. The number of rotatable bonds is 4. The summed E-state index contributed by atoms with van der Waals surface area (Å²) in [5, 5.41) is 18.6. The van der Waals surface area contributed by atoms with Crippen molar-refractivity contribution >= 4 is 29.2 Å². The first-order valence-electron chi connectivity index (χ1n) is 9.83. The highest BCUT2D eigenvalue weighted by Gasteiger charge is 2.43. The summed E-state index contributed by atoms with van der Waals surface area (Å²) >= 11 is 1.77. The van der Waals surface area contributed by atoms with E-state index in [9.17, 15) is 31.1 Å². The zero-order valence-corrected chi connectivity index (χ0v) is 19.1. The molecule has 2 saturated heterocycles. The van der Waals surface area contributed by atoms with Gasteiger partial charge in [0.25, 0.3) is 0 Å². The highest BCUT2D eigenvalue weighted by atomic mass is 32.1. The van der Waals surface area contributed by atoms with Gasteiger partial charge in [-0.15, -0.1) is 0 Å². The minimum atomic E-state index is -5.08. The number of hydrogen-bond donors (Lipinski definition) is 2. The van der Waals surface area contributed by atoms with Gasteiger partial charge >= 0.3 is 24.3 Å². The van der Waals surface area contributed by atoms with Gasteiger partial charge in [-0.1, -0.05) is 0 Å². The van der Waals surface area contributed by atoms with Crippen LogP contribution in [0.15, 0.2) is 16.8 Å². The fourth-order valence-electron chi connectivity index (χ4n) is 3.49. The van der Waals surface area contributed by atoms with Crippen LogP contribution in [0.5, 0.6) is 0 Å². The Bertz CT molecular complexity index is 792. The Labute approximate surface area is 195 Å². The molecule has 0 spiro atoms. The number of hydrogen-bond acceptors (Lipinski definition) is 6. The zero-order valence-electron chi connectivity index (χ0n) is 18.3. The standard InChI is InChI=1S/C15H23N3OS.2C2HF3O2/c1-16(2)15(19)10-18-7-4-13-14(18)3-6-17(13)9-12-5-8-20-11-12;2*3-2(4,5)1(6)7/h5,8,11,13-14H,3-4,6-7,9-10H2,1-2H3;2*(H,6,7)/t13-,14+;;/m1../s1. The predicted molar refractivity (Wildman–Crippen MR) is 109 cm³/mol. The van der Waals surface area contributed by atoms with Gasteiger partial charge in [0.1, 0.15) is 0 Å². The molecule has 1 amide bonds. The molecule has 3 rings (SSSR count). The topological polar surface area (TPSA) is 101 Å². The molecule has 0 aliphatic carbocycles. The van der Waals surface area contributed by atoms with Crippen molar-refractivity contribution in [2.24, 2.45) is 0 Å². The van der Waals surface area contributed by atoms with Crippen LogP contribution in [0.4, 0.5) is 26.3 Å².